The van der Waals surface area contributed by atoms with Gasteiger partial charge in [0, 0.05) is 18.3 Å². The summed E-state index contributed by atoms with van der Waals surface area (Å²) in [6.45, 7) is 0. The van der Waals surface area contributed by atoms with Gasteiger partial charge in [-0.2, -0.15) is 9.40 Å². The summed E-state index contributed by atoms with van der Waals surface area (Å²) in [5, 5.41) is 5.17. The maximum atomic E-state index is 13.1. The van der Waals surface area contributed by atoms with Crippen LogP contribution in [0.1, 0.15) is 31.7 Å². The van der Waals surface area contributed by atoms with Crippen molar-refractivity contribution in [1.29, 1.82) is 0 Å². The van der Waals surface area contributed by atoms with Gasteiger partial charge in [0.1, 0.15) is 4.90 Å². The molecule has 4 rings (SSSR count). The van der Waals surface area contributed by atoms with Crippen LogP contribution in [0.5, 0.6) is 0 Å². The van der Waals surface area contributed by atoms with Crippen molar-refractivity contribution < 1.29 is 8.42 Å². The normalized spacial score (nSPS) is 27.5. The van der Waals surface area contributed by atoms with E-state index in [1.165, 1.54) is 0 Å². The fourth-order valence-electron chi connectivity index (χ4n) is 4.00. The van der Waals surface area contributed by atoms with Crippen molar-refractivity contribution in [2.75, 3.05) is 0 Å². The van der Waals surface area contributed by atoms with Crippen LogP contribution >= 0.6 is 23.2 Å². The second-order valence-electron chi connectivity index (χ2n) is 6.41. The monoisotopic (exact) mass is 385 g/mol. The van der Waals surface area contributed by atoms with E-state index in [0.29, 0.717) is 5.02 Å². The lowest BCUT2D eigenvalue weighted by Gasteiger charge is -2.38. The molecule has 5 nitrogen and oxygen atoms in total. The quantitative estimate of drug-likeness (QED) is 0.808. The number of rotatable bonds is 3. The largest absolute Gasteiger partial charge is 0.268 e. The minimum absolute atomic E-state index is 0.0157. The second kappa shape index (κ2) is 6.02. The molecule has 2 fully saturated rings. The molecule has 0 radical (unpaired) electrons. The molecule has 2 aliphatic heterocycles. The summed E-state index contributed by atoms with van der Waals surface area (Å²) < 4.78 is 29.8. The minimum atomic E-state index is -3.58. The van der Waals surface area contributed by atoms with E-state index in [2.05, 4.69) is 5.10 Å². The topological polar surface area (TPSA) is 55.2 Å². The highest BCUT2D eigenvalue weighted by atomic mass is 35.5. The third kappa shape index (κ3) is 2.65. The minimum Gasteiger partial charge on any atom is -0.268 e. The zero-order valence-electron chi connectivity index (χ0n) is 12.8. The zero-order chi connectivity index (χ0) is 16.9. The first-order valence-corrected chi connectivity index (χ1v) is 10.1. The van der Waals surface area contributed by atoms with Crippen LogP contribution in [0.25, 0.3) is 0 Å². The van der Waals surface area contributed by atoms with Gasteiger partial charge < -0.3 is 0 Å². The van der Waals surface area contributed by atoms with Crippen molar-refractivity contribution in [2.24, 2.45) is 0 Å². The smallest absolute Gasteiger partial charge is 0.245 e. The van der Waals surface area contributed by atoms with Crippen LogP contribution in [-0.2, 0) is 10.0 Å². The van der Waals surface area contributed by atoms with Gasteiger partial charge >= 0.3 is 0 Å². The molecule has 0 spiro atoms. The molecule has 2 aromatic rings. The van der Waals surface area contributed by atoms with Crippen LogP contribution in [-0.4, -0.2) is 34.6 Å². The molecule has 2 unspecified atom stereocenters. The van der Waals surface area contributed by atoms with Crippen LogP contribution in [0.4, 0.5) is 0 Å². The Bertz CT molecular complexity index is 854. The van der Waals surface area contributed by atoms with Crippen molar-refractivity contribution in [3.05, 3.63) is 46.7 Å². The van der Waals surface area contributed by atoms with E-state index >= 15 is 0 Å². The van der Waals surface area contributed by atoms with Crippen LogP contribution in [0.2, 0.25) is 10.0 Å². The molecule has 1 aromatic carbocycles. The van der Waals surface area contributed by atoms with Gasteiger partial charge in [0.2, 0.25) is 10.0 Å². The number of piperidine rings is 1. The Morgan fingerprint density at radius 2 is 1.71 bits per heavy atom. The van der Waals surface area contributed by atoms with Crippen LogP contribution in [0.3, 0.4) is 0 Å². The Labute approximate surface area is 151 Å². The highest BCUT2D eigenvalue weighted by molar-refractivity contribution is 7.89. The summed E-state index contributed by atoms with van der Waals surface area (Å²) in [6.07, 6.45) is 6.68. The molecule has 0 aliphatic carbocycles. The number of aromatic nitrogens is 2. The predicted molar refractivity (Wildman–Crippen MR) is 92.8 cm³/mol. The van der Waals surface area contributed by atoms with Gasteiger partial charge in [0.15, 0.2) is 0 Å². The van der Waals surface area contributed by atoms with Crippen molar-refractivity contribution >= 4 is 33.2 Å². The average Bonchev–Trinajstić information content (AvgIpc) is 3.09. The summed E-state index contributed by atoms with van der Waals surface area (Å²) in [7, 11) is -3.58. The number of nitrogens with zero attached hydrogens (tertiary/aromatic N) is 3. The van der Waals surface area contributed by atoms with Gasteiger partial charge in [-0.25, -0.2) is 8.42 Å². The molecule has 2 atom stereocenters. The van der Waals surface area contributed by atoms with E-state index in [9.17, 15) is 8.42 Å². The first kappa shape index (κ1) is 16.4. The molecule has 2 saturated heterocycles. The van der Waals surface area contributed by atoms with Gasteiger partial charge in [0.25, 0.3) is 0 Å². The van der Waals surface area contributed by atoms with Gasteiger partial charge in [-0.15, -0.1) is 0 Å². The van der Waals surface area contributed by atoms with E-state index in [1.807, 2.05) is 10.9 Å². The summed E-state index contributed by atoms with van der Waals surface area (Å²) in [5.74, 6) is 0. The van der Waals surface area contributed by atoms with E-state index < -0.39 is 10.0 Å². The van der Waals surface area contributed by atoms with E-state index in [1.54, 1.807) is 34.8 Å². The Kier molecular flexibility index (Phi) is 4.11. The van der Waals surface area contributed by atoms with Gasteiger partial charge in [-0.05, 0) is 37.8 Å². The fourth-order valence-corrected chi connectivity index (χ4v) is 6.53. The lowest BCUT2D eigenvalue weighted by atomic mass is 10.00. The summed E-state index contributed by atoms with van der Waals surface area (Å²) in [5.41, 5.74) is 0. The molecule has 2 bridgehead atoms. The molecule has 0 N–H and O–H groups in total. The van der Waals surface area contributed by atoms with E-state index in [4.69, 9.17) is 23.2 Å². The van der Waals surface area contributed by atoms with E-state index in [0.717, 1.165) is 25.7 Å². The number of hydrogen-bond donors (Lipinski definition) is 0. The van der Waals surface area contributed by atoms with Crippen LogP contribution in [0, 0.1) is 0 Å². The Morgan fingerprint density at radius 1 is 1.04 bits per heavy atom. The molecule has 8 heteroatoms. The molecule has 1 aromatic heterocycles. The number of halogens is 2. The van der Waals surface area contributed by atoms with Crippen molar-refractivity contribution in [3.8, 4) is 0 Å². The highest BCUT2D eigenvalue weighted by Gasteiger charge is 2.48. The van der Waals surface area contributed by atoms with Crippen molar-refractivity contribution in [1.82, 2.24) is 14.1 Å². The second-order valence-corrected chi connectivity index (χ2v) is 9.07. The molecular weight excluding hydrogens is 369 g/mol. The maximum absolute atomic E-state index is 13.1. The van der Waals surface area contributed by atoms with Crippen LogP contribution in [0.15, 0.2) is 41.6 Å². The zero-order valence-corrected chi connectivity index (χ0v) is 15.2. The average molecular weight is 386 g/mol. The number of fused-ring (bicyclic) bond motifs is 2. The molecule has 3 heterocycles. The summed E-state index contributed by atoms with van der Waals surface area (Å²) in [4.78, 5) is 0.198. The molecular formula is C16H17Cl2N3O2S. The Balaban J connectivity index is 1.64. The fraction of sp³-hybridized carbons (Fsp3) is 0.438. The summed E-state index contributed by atoms with van der Waals surface area (Å²) >= 11 is 12.1. The standard InChI is InChI=1S/C16H17Cl2N3O2S/c17-11-9-19-20(10-11)14-7-12-5-6-13(8-14)21(12)24(22,23)16-4-2-1-3-15(16)18/h1-4,9-10,12-14H,5-8H2. The van der Waals surface area contributed by atoms with E-state index in [-0.39, 0.29) is 28.0 Å². The Morgan fingerprint density at radius 3 is 2.29 bits per heavy atom. The third-order valence-corrected chi connectivity index (χ3v) is 7.68. The maximum Gasteiger partial charge on any atom is 0.245 e. The molecule has 0 amide bonds. The SMILES string of the molecule is O=S(=O)(c1ccccc1Cl)N1C2CCC1CC(n1cc(Cl)cn1)C2. The van der Waals surface area contributed by atoms with Gasteiger partial charge in [0.05, 0.1) is 22.3 Å². The first-order chi connectivity index (χ1) is 11.5. The van der Waals surface area contributed by atoms with Crippen molar-refractivity contribution in [2.45, 2.75) is 48.7 Å². The molecule has 2 aliphatic rings. The van der Waals surface area contributed by atoms with Gasteiger partial charge in [-0.3, -0.25) is 4.68 Å². The summed E-state index contributed by atoms with van der Waals surface area (Å²) in [6, 6.07) is 6.80. The van der Waals surface area contributed by atoms with Crippen molar-refractivity contribution in [3.63, 3.8) is 0 Å². The number of benzene rings is 1. The highest BCUT2D eigenvalue weighted by Crippen LogP contribution is 2.44. The molecule has 128 valence electrons. The lowest BCUT2D eigenvalue weighted by Crippen LogP contribution is -2.46. The number of sulfonamides is 1. The molecule has 0 saturated carbocycles. The van der Waals surface area contributed by atoms with Crippen LogP contribution < -0.4 is 0 Å². The van der Waals surface area contributed by atoms with Gasteiger partial charge in [-0.1, -0.05) is 35.3 Å². The lowest BCUT2D eigenvalue weighted by molar-refractivity contribution is 0.185. The third-order valence-electron chi connectivity index (χ3n) is 4.98. The predicted octanol–water partition coefficient (Wildman–Crippen LogP) is 3.75. The molecule has 24 heavy (non-hydrogen) atoms. The first-order valence-electron chi connectivity index (χ1n) is 7.94. The number of hydrogen-bond acceptors (Lipinski definition) is 3. The Hall–Kier alpha value is -1.08.